The Morgan fingerprint density at radius 2 is 2.32 bits per heavy atom. The first-order valence-electron chi connectivity index (χ1n) is 6.47. The van der Waals surface area contributed by atoms with E-state index in [2.05, 4.69) is 21.2 Å². The molecule has 5 heteroatoms. The van der Waals surface area contributed by atoms with E-state index in [1.54, 1.807) is 12.1 Å². The van der Waals surface area contributed by atoms with Crippen molar-refractivity contribution in [3.8, 4) is 0 Å². The van der Waals surface area contributed by atoms with Crippen LogP contribution in [0.3, 0.4) is 0 Å². The molecule has 1 saturated heterocycles. The van der Waals surface area contributed by atoms with Gasteiger partial charge in [0.2, 0.25) is 0 Å². The third kappa shape index (κ3) is 3.28. The van der Waals surface area contributed by atoms with Gasteiger partial charge in [-0.3, -0.25) is 4.79 Å². The highest BCUT2D eigenvalue weighted by atomic mass is 79.9. The van der Waals surface area contributed by atoms with E-state index in [1.807, 2.05) is 13.8 Å². The van der Waals surface area contributed by atoms with Crippen LogP contribution in [0.25, 0.3) is 0 Å². The van der Waals surface area contributed by atoms with Crippen molar-refractivity contribution in [2.75, 3.05) is 12.3 Å². The van der Waals surface area contributed by atoms with Gasteiger partial charge in [0.15, 0.2) is 0 Å². The number of nitrogens with one attached hydrogen (secondary N) is 1. The number of rotatable bonds is 3. The van der Waals surface area contributed by atoms with Crippen molar-refractivity contribution in [2.24, 2.45) is 0 Å². The molecule has 1 fully saturated rings. The predicted octanol–water partition coefficient (Wildman–Crippen LogP) is 2.64. The van der Waals surface area contributed by atoms with Gasteiger partial charge >= 0.3 is 0 Å². The van der Waals surface area contributed by atoms with E-state index < -0.39 is 0 Å². The van der Waals surface area contributed by atoms with Crippen molar-refractivity contribution < 1.29 is 9.53 Å². The summed E-state index contributed by atoms with van der Waals surface area (Å²) >= 11 is 3.36. The Labute approximate surface area is 121 Å². The quantitative estimate of drug-likeness (QED) is 0.839. The fraction of sp³-hybridized carbons (Fsp3) is 0.500. The average molecular weight is 327 g/mol. The van der Waals surface area contributed by atoms with Crippen molar-refractivity contribution in [3.05, 3.63) is 27.7 Å². The summed E-state index contributed by atoms with van der Waals surface area (Å²) in [5, 5.41) is 2.99. The monoisotopic (exact) mass is 326 g/mol. The SMILES string of the molecule is Cc1c(N)cc(Br)cc1C(=O)NC(C)C1CCCO1. The van der Waals surface area contributed by atoms with Gasteiger partial charge in [-0.25, -0.2) is 0 Å². The van der Waals surface area contributed by atoms with Crippen molar-refractivity contribution in [1.82, 2.24) is 5.32 Å². The average Bonchev–Trinajstić information content (AvgIpc) is 2.87. The van der Waals surface area contributed by atoms with Crippen molar-refractivity contribution in [1.29, 1.82) is 0 Å². The second-order valence-electron chi connectivity index (χ2n) is 4.98. The van der Waals surface area contributed by atoms with E-state index in [0.29, 0.717) is 11.3 Å². The van der Waals surface area contributed by atoms with Crippen molar-refractivity contribution in [2.45, 2.75) is 38.8 Å². The predicted molar refractivity (Wildman–Crippen MR) is 79.2 cm³/mol. The third-order valence-electron chi connectivity index (χ3n) is 3.54. The zero-order valence-electron chi connectivity index (χ0n) is 11.2. The van der Waals surface area contributed by atoms with Crippen LogP contribution in [0.4, 0.5) is 5.69 Å². The third-order valence-corrected chi connectivity index (χ3v) is 4.00. The van der Waals surface area contributed by atoms with Crippen LogP contribution in [-0.2, 0) is 4.74 Å². The normalized spacial score (nSPS) is 20.3. The highest BCUT2D eigenvalue weighted by Gasteiger charge is 2.24. The zero-order chi connectivity index (χ0) is 14.0. The maximum absolute atomic E-state index is 12.3. The molecule has 2 unspecified atom stereocenters. The fourth-order valence-electron chi connectivity index (χ4n) is 2.31. The molecule has 3 N–H and O–H groups in total. The molecule has 0 aliphatic carbocycles. The molecule has 0 bridgehead atoms. The smallest absolute Gasteiger partial charge is 0.251 e. The first kappa shape index (κ1) is 14.3. The van der Waals surface area contributed by atoms with E-state index in [0.717, 1.165) is 29.5 Å². The van der Waals surface area contributed by atoms with Gasteiger partial charge in [-0.05, 0) is 44.4 Å². The molecular formula is C14H19BrN2O2. The first-order chi connectivity index (χ1) is 8.99. The van der Waals surface area contributed by atoms with Crippen LogP contribution in [-0.4, -0.2) is 24.7 Å². The van der Waals surface area contributed by atoms with Crippen LogP contribution in [0.15, 0.2) is 16.6 Å². The number of ether oxygens (including phenoxy) is 1. The van der Waals surface area contributed by atoms with Crippen LogP contribution < -0.4 is 11.1 Å². The number of nitrogen functional groups attached to an aromatic ring is 1. The summed E-state index contributed by atoms with van der Waals surface area (Å²) in [5.41, 5.74) is 7.91. The van der Waals surface area contributed by atoms with Gasteiger partial charge in [0.25, 0.3) is 5.91 Å². The summed E-state index contributed by atoms with van der Waals surface area (Å²) in [7, 11) is 0. The fourth-order valence-corrected chi connectivity index (χ4v) is 2.79. The van der Waals surface area contributed by atoms with Crippen LogP contribution >= 0.6 is 15.9 Å². The molecule has 1 aliphatic heterocycles. The molecule has 1 heterocycles. The molecule has 1 aromatic rings. The number of carbonyl (C=O) groups is 1. The molecule has 0 saturated carbocycles. The molecule has 0 aromatic heterocycles. The lowest BCUT2D eigenvalue weighted by atomic mass is 10.0. The Kier molecular flexibility index (Phi) is 4.47. The number of hydrogen-bond acceptors (Lipinski definition) is 3. The number of amides is 1. The molecule has 1 aromatic carbocycles. The Morgan fingerprint density at radius 1 is 1.58 bits per heavy atom. The van der Waals surface area contributed by atoms with E-state index in [9.17, 15) is 4.79 Å². The van der Waals surface area contributed by atoms with Crippen LogP contribution in [0.1, 0.15) is 35.7 Å². The van der Waals surface area contributed by atoms with Crippen molar-refractivity contribution >= 4 is 27.5 Å². The lowest BCUT2D eigenvalue weighted by Crippen LogP contribution is -2.41. The molecule has 104 valence electrons. The van der Waals surface area contributed by atoms with Crippen LogP contribution in [0.2, 0.25) is 0 Å². The highest BCUT2D eigenvalue weighted by molar-refractivity contribution is 9.10. The molecule has 1 amide bonds. The minimum atomic E-state index is -0.103. The van der Waals surface area contributed by atoms with Gasteiger partial charge in [0.1, 0.15) is 0 Å². The standard InChI is InChI=1S/C14H19BrN2O2/c1-8-11(6-10(15)7-12(8)16)14(18)17-9(2)13-4-3-5-19-13/h6-7,9,13H,3-5,16H2,1-2H3,(H,17,18). The Balaban J connectivity index is 2.11. The number of benzene rings is 1. The summed E-state index contributed by atoms with van der Waals surface area (Å²) in [4.78, 5) is 12.3. The van der Waals surface area contributed by atoms with Gasteiger partial charge in [-0.1, -0.05) is 15.9 Å². The molecule has 19 heavy (non-hydrogen) atoms. The lowest BCUT2D eigenvalue weighted by molar-refractivity contribution is 0.0712. The molecule has 1 aliphatic rings. The molecule has 0 radical (unpaired) electrons. The number of carbonyl (C=O) groups excluding carboxylic acids is 1. The van der Waals surface area contributed by atoms with Gasteiger partial charge in [-0.2, -0.15) is 0 Å². The summed E-state index contributed by atoms with van der Waals surface area (Å²) in [5.74, 6) is -0.103. The molecule has 2 rings (SSSR count). The Bertz CT molecular complexity index is 485. The lowest BCUT2D eigenvalue weighted by Gasteiger charge is -2.20. The largest absolute Gasteiger partial charge is 0.398 e. The highest BCUT2D eigenvalue weighted by Crippen LogP contribution is 2.23. The Hall–Kier alpha value is -1.07. The number of nitrogens with two attached hydrogens (primary N) is 1. The van der Waals surface area contributed by atoms with Crippen LogP contribution in [0.5, 0.6) is 0 Å². The maximum Gasteiger partial charge on any atom is 0.251 e. The van der Waals surface area contributed by atoms with Crippen molar-refractivity contribution in [3.63, 3.8) is 0 Å². The second kappa shape index (κ2) is 5.92. The van der Waals surface area contributed by atoms with E-state index in [1.165, 1.54) is 0 Å². The topological polar surface area (TPSA) is 64.4 Å². The molecule has 0 spiro atoms. The minimum Gasteiger partial charge on any atom is -0.398 e. The second-order valence-corrected chi connectivity index (χ2v) is 5.90. The maximum atomic E-state index is 12.3. The summed E-state index contributed by atoms with van der Waals surface area (Å²) in [6.07, 6.45) is 2.18. The van der Waals surface area contributed by atoms with E-state index >= 15 is 0 Å². The Morgan fingerprint density at radius 3 is 2.95 bits per heavy atom. The number of halogens is 1. The molecular weight excluding hydrogens is 308 g/mol. The molecule has 4 nitrogen and oxygen atoms in total. The molecule has 2 atom stereocenters. The van der Waals surface area contributed by atoms with E-state index in [-0.39, 0.29) is 18.1 Å². The number of anilines is 1. The summed E-state index contributed by atoms with van der Waals surface area (Å²) in [6.45, 7) is 4.62. The summed E-state index contributed by atoms with van der Waals surface area (Å²) in [6, 6.07) is 3.61. The summed E-state index contributed by atoms with van der Waals surface area (Å²) < 4.78 is 6.39. The van der Waals surface area contributed by atoms with Gasteiger partial charge < -0.3 is 15.8 Å². The minimum absolute atomic E-state index is 0.00889. The van der Waals surface area contributed by atoms with Crippen LogP contribution in [0, 0.1) is 6.92 Å². The van der Waals surface area contributed by atoms with Gasteiger partial charge in [-0.15, -0.1) is 0 Å². The first-order valence-corrected chi connectivity index (χ1v) is 7.26. The van der Waals surface area contributed by atoms with Gasteiger partial charge in [0, 0.05) is 22.3 Å². The number of hydrogen-bond donors (Lipinski definition) is 2. The van der Waals surface area contributed by atoms with Gasteiger partial charge in [0.05, 0.1) is 12.1 Å². The van der Waals surface area contributed by atoms with E-state index in [4.69, 9.17) is 10.5 Å². The zero-order valence-corrected chi connectivity index (χ0v) is 12.8.